The lowest BCUT2D eigenvalue weighted by Gasteiger charge is -2.38. The van der Waals surface area contributed by atoms with Crippen molar-refractivity contribution in [1.29, 1.82) is 0 Å². The van der Waals surface area contributed by atoms with E-state index in [0.29, 0.717) is 12.1 Å². The van der Waals surface area contributed by atoms with Crippen LogP contribution >= 0.6 is 0 Å². The molecule has 1 spiro atoms. The molecular weight excluding hydrogens is 314 g/mol. The van der Waals surface area contributed by atoms with E-state index in [1.54, 1.807) is 0 Å². The standard InChI is InChI=1S/C21H37NO3/c1-2-7-18(8-3-1)9-6-14-23-20-11-5-4-10-19(20)22-13-12-21(17-22)24-15-16-25-21/h18-20H,1-17H2/t19-,20-/m0/s1. The highest BCUT2D eigenvalue weighted by molar-refractivity contribution is 4.94. The van der Waals surface area contributed by atoms with Crippen LogP contribution in [0, 0.1) is 5.92 Å². The van der Waals surface area contributed by atoms with Crippen molar-refractivity contribution in [3.63, 3.8) is 0 Å². The molecule has 0 unspecified atom stereocenters. The zero-order chi connectivity index (χ0) is 17.0. The maximum atomic E-state index is 6.43. The molecule has 4 nitrogen and oxygen atoms in total. The van der Waals surface area contributed by atoms with Crippen molar-refractivity contribution < 1.29 is 14.2 Å². The molecule has 0 radical (unpaired) electrons. The van der Waals surface area contributed by atoms with Gasteiger partial charge >= 0.3 is 0 Å². The fourth-order valence-electron chi connectivity index (χ4n) is 5.57. The Kier molecular flexibility index (Phi) is 6.33. The van der Waals surface area contributed by atoms with E-state index in [1.807, 2.05) is 0 Å². The molecular formula is C21H37NO3. The van der Waals surface area contributed by atoms with Crippen LogP contribution in [0.15, 0.2) is 0 Å². The van der Waals surface area contributed by atoms with E-state index < -0.39 is 0 Å². The molecule has 2 saturated carbocycles. The third kappa shape index (κ3) is 4.58. The Hall–Kier alpha value is -0.160. The SMILES string of the molecule is C1CCC(CCCO[C@H]2CCCC[C@@H]2N2CCC3(C2)OCCO3)CC1. The van der Waals surface area contributed by atoms with Crippen LogP contribution in [0.25, 0.3) is 0 Å². The van der Waals surface area contributed by atoms with E-state index in [-0.39, 0.29) is 5.79 Å². The molecule has 0 aromatic carbocycles. The Morgan fingerprint density at radius 2 is 1.68 bits per heavy atom. The molecule has 4 heteroatoms. The summed E-state index contributed by atoms with van der Waals surface area (Å²) < 4.78 is 18.3. The summed E-state index contributed by atoms with van der Waals surface area (Å²) in [6.45, 7) is 4.54. The Balaban J connectivity index is 1.22. The molecule has 25 heavy (non-hydrogen) atoms. The normalized spacial score (nSPS) is 34.1. The van der Waals surface area contributed by atoms with E-state index in [4.69, 9.17) is 14.2 Å². The summed E-state index contributed by atoms with van der Waals surface area (Å²) in [6, 6.07) is 0.579. The first-order valence-electron chi connectivity index (χ1n) is 11.0. The van der Waals surface area contributed by atoms with Crippen molar-refractivity contribution >= 4 is 0 Å². The van der Waals surface area contributed by atoms with Crippen molar-refractivity contribution in [2.45, 2.75) is 95.0 Å². The van der Waals surface area contributed by atoms with E-state index in [2.05, 4.69) is 4.90 Å². The average Bonchev–Trinajstić information content (AvgIpc) is 3.30. The van der Waals surface area contributed by atoms with Gasteiger partial charge < -0.3 is 14.2 Å². The van der Waals surface area contributed by atoms with Gasteiger partial charge in [-0.3, -0.25) is 4.90 Å². The first-order valence-corrected chi connectivity index (χ1v) is 11.0. The summed E-state index contributed by atoms with van der Waals surface area (Å²) in [4.78, 5) is 2.61. The first kappa shape index (κ1) is 18.2. The second-order valence-electron chi connectivity index (χ2n) is 8.74. The minimum atomic E-state index is -0.289. The van der Waals surface area contributed by atoms with Crippen LogP contribution in [-0.2, 0) is 14.2 Å². The molecule has 0 N–H and O–H groups in total. The fourth-order valence-corrected chi connectivity index (χ4v) is 5.57. The smallest absolute Gasteiger partial charge is 0.182 e. The topological polar surface area (TPSA) is 30.9 Å². The minimum Gasteiger partial charge on any atom is -0.377 e. The predicted octanol–water partition coefficient (Wildman–Crippen LogP) is 4.12. The number of ether oxygens (including phenoxy) is 3. The van der Waals surface area contributed by atoms with Gasteiger partial charge in [0.1, 0.15) is 0 Å². The largest absolute Gasteiger partial charge is 0.377 e. The highest BCUT2D eigenvalue weighted by Crippen LogP contribution is 2.36. The Morgan fingerprint density at radius 1 is 0.920 bits per heavy atom. The summed E-state index contributed by atoms with van der Waals surface area (Å²) in [7, 11) is 0. The van der Waals surface area contributed by atoms with Gasteiger partial charge in [-0.1, -0.05) is 44.9 Å². The highest BCUT2D eigenvalue weighted by Gasteiger charge is 2.46. The zero-order valence-electron chi connectivity index (χ0n) is 15.9. The molecule has 2 atom stereocenters. The van der Waals surface area contributed by atoms with Gasteiger partial charge in [-0.05, 0) is 31.6 Å². The lowest BCUT2D eigenvalue weighted by atomic mass is 9.86. The van der Waals surface area contributed by atoms with Gasteiger partial charge in [0.2, 0.25) is 0 Å². The number of nitrogens with zero attached hydrogens (tertiary/aromatic N) is 1. The van der Waals surface area contributed by atoms with Crippen molar-refractivity contribution in [3.8, 4) is 0 Å². The quantitative estimate of drug-likeness (QED) is 0.674. The summed E-state index contributed by atoms with van der Waals surface area (Å²) in [5.74, 6) is 0.692. The number of likely N-dealkylation sites (tertiary alicyclic amines) is 1. The molecule has 0 aromatic rings. The lowest BCUT2D eigenvalue weighted by molar-refractivity contribution is -0.150. The van der Waals surface area contributed by atoms with Crippen LogP contribution in [-0.4, -0.2) is 55.7 Å². The van der Waals surface area contributed by atoms with Gasteiger partial charge in [-0.25, -0.2) is 0 Å². The third-order valence-electron chi connectivity index (χ3n) is 6.99. The first-order chi connectivity index (χ1) is 12.3. The number of hydrogen-bond donors (Lipinski definition) is 0. The Labute approximate surface area is 153 Å². The van der Waals surface area contributed by atoms with E-state index in [9.17, 15) is 0 Å². The summed E-state index contributed by atoms with van der Waals surface area (Å²) >= 11 is 0. The van der Waals surface area contributed by atoms with E-state index >= 15 is 0 Å². The molecule has 2 heterocycles. The van der Waals surface area contributed by atoms with Crippen LogP contribution < -0.4 is 0 Å². The second kappa shape index (κ2) is 8.69. The average molecular weight is 352 g/mol. The molecule has 2 saturated heterocycles. The van der Waals surface area contributed by atoms with Gasteiger partial charge in [-0.15, -0.1) is 0 Å². The van der Waals surface area contributed by atoms with Crippen molar-refractivity contribution in [1.82, 2.24) is 4.90 Å². The minimum absolute atomic E-state index is 0.289. The van der Waals surface area contributed by atoms with Crippen LogP contribution in [0.2, 0.25) is 0 Å². The van der Waals surface area contributed by atoms with E-state index in [0.717, 1.165) is 45.2 Å². The lowest BCUT2D eigenvalue weighted by Crippen LogP contribution is -2.47. The molecule has 144 valence electrons. The zero-order valence-corrected chi connectivity index (χ0v) is 15.9. The van der Waals surface area contributed by atoms with Gasteiger partial charge in [0.05, 0.1) is 25.9 Å². The molecule has 2 aliphatic carbocycles. The van der Waals surface area contributed by atoms with Crippen LogP contribution in [0.5, 0.6) is 0 Å². The van der Waals surface area contributed by atoms with Crippen LogP contribution in [0.3, 0.4) is 0 Å². The van der Waals surface area contributed by atoms with Gasteiger partial charge in [0, 0.05) is 25.6 Å². The summed E-state index contributed by atoms with van der Waals surface area (Å²) in [5.41, 5.74) is 0. The molecule has 4 rings (SSSR count). The van der Waals surface area contributed by atoms with Gasteiger partial charge in [0.25, 0.3) is 0 Å². The molecule has 0 bridgehead atoms. The van der Waals surface area contributed by atoms with Gasteiger partial charge in [-0.2, -0.15) is 0 Å². The van der Waals surface area contributed by atoms with Crippen molar-refractivity contribution in [2.75, 3.05) is 32.9 Å². The fraction of sp³-hybridized carbons (Fsp3) is 1.00. The van der Waals surface area contributed by atoms with Crippen LogP contribution in [0.4, 0.5) is 0 Å². The van der Waals surface area contributed by atoms with Crippen LogP contribution in [0.1, 0.15) is 77.0 Å². The molecule has 4 aliphatic rings. The molecule has 2 aliphatic heterocycles. The van der Waals surface area contributed by atoms with Gasteiger partial charge in [0.15, 0.2) is 5.79 Å². The Bertz CT molecular complexity index is 404. The van der Waals surface area contributed by atoms with E-state index in [1.165, 1.54) is 70.6 Å². The summed E-state index contributed by atoms with van der Waals surface area (Å²) in [6.07, 6.45) is 16.6. The second-order valence-corrected chi connectivity index (χ2v) is 8.74. The molecule has 0 amide bonds. The maximum absolute atomic E-state index is 6.43. The Morgan fingerprint density at radius 3 is 2.52 bits per heavy atom. The summed E-state index contributed by atoms with van der Waals surface area (Å²) in [5, 5.41) is 0. The maximum Gasteiger partial charge on any atom is 0.182 e. The number of rotatable bonds is 6. The number of hydrogen-bond acceptors (Lipinski definition) is 4. The monoisotopic (exact) mass is 351 g/mol. The predicted molar refractivity (Wildman–Crippen MR) is 98.6 cm³/mol. The highest BCUT2D eigenvalue weighted by atomic mass is 16.7. The van der Waals surface area contributed by atoms with Crippen molar-refractivity contribution in [2.24, 2.45) is 5.92 Å². The molecule has 0 aromatic heterocycles. The third-order valence-corrected chi connectivity index (χ3v) is 6.99. The van der Waals surface area contributed by atoms with Crippen molar-refractivity contribution in [3.05, 3.63) is 0 Å². The molecule has 4 fully saturated rings.